The van der Waals surface area contributed by atoms with Crippen molar-refractivity contribution >= 4 is 85.3 Å². The molecule has 0 unspecified atom stereocenters. The summed E-state index contributed by atoms with van der Waals surface area (Å²) < 4.78 is -0.475. The summed E-state index contributed by atoms with van der Waals surface area (Å²) in [6, 6.07) is 17.7. The second-order valence-corrected chi connectivity index (χ2v) is 15.0. The van der Waals surface area contributed by atoms with Gasteiger partial charge in [0.25, 0.3) is 0 Å². The molecule has 0 spiro atoms. The van der Waals surface area contributed by atoms with E-state index in [4.69, 9.17) is 0 Å². The van der Waals surface area contributed by atoms with Gasteiger partial charge >= 0.3 is 0 Å². The lowest BCUT2D eigenvalue weighted by Gasteiger charge is -2.30. The van der Waals surface area contributed by atoms with Gasteiger partial charge in [-0.2, -0.15) is 0 Å². The van der Waals surface area contributed by atoms with Gasteiger partial charge in [0.1, 0.15) is 6.47 Å². The highest BCUT2D eigenvalue weighted by Crippen LogP contribution is 2.54. The average molecular weight is 634 g/mol. The third-order valence-corrected chi connectivity index (χ3v) is 8.52. The summed E-state index contributed by atoms with van der Waals surface area (Å²) >= 11 is 16.2. The first-order valence-corrected chi connectivity index (χ1v) is 13.2. The summed E-state index contributed by atoms with van der Waals surface area (Å²) in [7, 11) is 0. The second-order valence-electron chi connectivity index (χ2n) is 7.46. The molecule has 0 aliphatic heterocycles. The predicted molar refractivity (Wildman–Crippen MR) is 140 cm³/mol. The maximum absolute atomic E-state index is 4.04. The Balaban J connectivity index is 2.40. The molecule has 0 nitrogen and oxygen atoms in total. The van der Waals surface area contributed by atoms with E-state index < -0.39 is 0 Å². The van der Waals surface area contributed by atoms with Crippen LogP contribution in [-0.2, 0) is 6.47 Å². The Morgan fingerprint density at radius 2 is 0.857 bits per heavy atom. The third kappa shape index (κ3) is 4.55. The number of rotatable bonds is 8. The van der Waals surface area contributed by atoms with Gasteiger partial charge in [-0.15, -0.1) is 0 Å². The van der Waals surface area contributed by atoms with Crippen LogP contribution in [0.2, 0.25) is 0 Å². The molecule has 0 N–H and O–H groups in total. The van der Waals surface area contributed by atoms with Crippen LogP contribution in [0, 0.1) is 0 Å². The van der Waals surface area contributed by atoms with Gasteiger partial charge in [-0.3, -0.25) is 0 Å². The zero-order chi connectivity index (χ0) is 20.4. The molecule has 0 atom stereocenters. The first kappa shape index (κ1) is 22.8. The predicted octanol–water partition coefficient (Wildman–Crippen LogP) is 10.3. The van der Waals surface area contributed by atoms with Gasteiger partial charge < -0.3 is 0 Å². The summed E-state index contributed by atoms with van der Waals surface area (Å²) in [6.07, 6.45) is 6.77. The molecule has 0 saturated heterocycles. The first-order chi connectivity index (χ1) is 13.3. The highest BCUT2D eigenvalue weighted by molar-refractivity contribution is 9.25. The summed E-state index contributed by atoms with van der Waals surface area (Å²) in [4.78, 5) is 0. The highest BCUT2D eigenvalue weighted by atomic mass is 79.9. The zero-order valence-corrected chi connectivity index (χ0v) is 22.7. The van der Waals surface area contributed by atoms with Gasteiger partial charge in [0, 0.05) is 0 Å². The van der Waals surface area contributed by atoms with Crippen LogP contribution in [0.5, 0.6) is 0 Å². The Kier molecular flexibility index (Phi) is 7.72. The van der Waals surface area contributed by atoms with Crippen LogP contribution in [0.25, 0.3) is 21.5 Å². The number of unbranched alkanes of at least 4 members (excludes halogenated alkanes) is 2. The lowest BCUT2D eigenvalue weighted by atomic mass is 9.87. The highest BCUT2D eigenvalue weighted by Gasteiger charge is 2.34. The fourth-order valence-corrected chi connectivity index (χ4v) is 6.79. The van der Waals surface area contributed by atoms with Crippen molar-refractivity contribution in [1.29, 1.82) is 0 Å². The third-order valence-electron chi connectivity index (χ3n) is 5.35. The molecule has 150 valence electrons. The van der Waals surface area contributed by atoms with Crippen molar-refractivity contribution in [1.82, 2.24) is 0 Å². The van der Waals surface area contributed by atoms with E-state index in [2.05, 4.69) is 126 Å². The van der Waals surface area contributed by atoms with E-state index >= 15 is 0 Å². The first-order valence-electron chi connectivity index (χ1n) is 10.0. The molecule has 0 aliphatic rings. The molecular formula is C24H26Br4. The van der Waals surface area contributed by atoms with Crippen LogP contribution in [0.1, 0.15) is 63.5 Å². The van der Waals surface area contributed by atoms with Gasteiger partial charge in [0.2, 0.25) is 0 Å². The molecule has 4 heteroatoms. The molecule has 0 radical (unpaired) electrons. The fourth-order valence-electron chi connectivity index (χ4n) is 3.96. The van der Waals surface area contributed by atoms with Crippen molar-refractivity contribution in [2.45, 2.75) is 58.8 Å². The van der Waals surface area contributed by atoms with Gasteiger partial charge in [0.15, 0.2) is 0 Å². The van der Waals surface area contributed by atoms with Crippen LogP contribution in [-0.4, -0.2) is 0 Å². The fraction of sp³-hybridized carbons (Fsp3) is 0.417. The van der Waals surface area contributed by atoms with Gasteiger partial charge in [-0.1, -0.05) is 152 Å². The van der Waals surface area contributed by atoms with E-state index in [1.807, 2.05) is 0 Å². The largest absolute Gasteiger partial charge is 0.106 e. The smallest absolute Gasteiger partial charge is 0.0674 e. The zero-order valence-electron chi connectivity index (χ0n) is 16.4. The molecular weight excluding hydrogens is 608 g/mol. The minimum absolute atomic E-state index is 0.238. The number of alkyl halides is 4. The van der Waals surface area contributed by atoms with Crippen LogP contribution >= 0.6 is 63.7 Å². The molecule has 0 aliphatic carbocycles. The molecule has 28 heavy (non-hydrogen) atoms. The Hall–Kier alpha value is 0.1000. The molecule has 3 aromatic rings. The molecule has 0 bridgehead atoms. The Morgan fingerprint density at radius 3 is 1.11 bits per heavy atom. The van der Waals surface area contributed by atoms with E-state index in [1.54, 1.807) is 0 Å². The quantitative estimate of drug-likeness (QED) is 0.171. The maximum atomic E-state index is 4.04. The van der Waals surface area contributed by atoms with E-state index in [0.717, 1.165) is 25.7 Å². The van der Waals surface area contributed by atoms with Crippen LogP contribution in [0.3, 0.4) is 0 Å². The van der Waals surface area contributed by atoms with Crippen molar-refractivity contribution < 1.29 is 0 Å². The average Bonchev–Trinajstić information content (AvgIpc) is 2.68. The molecule has 0 fully saturated rings. The normalized spacial score (nSPS) is 12.8. The van der Waals surface area contributed by atoms with E-state index in [0.29, 0.717) is 0 Å². The molecule has 0 aromatic heterocycles. The number of fused-ring (bicyclic) bond motifs is 2. The van der Waals surface area contributed by atoms with E-state index in [-0.39, 0.29) is 6.47 Å². The lowest BCUT2D eigenvalue weighted by Crippen LogP contribution is -2.15. The molecule has 0 amide bonds. The van der Waals surface area contributed by atoms with E-state index in [9.17, 15) is 0 Å². The summed E-state index contributed by atoms with van der Waals surface area (Å²) in [6.45, 7) is 4.49. The Morgan fingerprint density at radius 1 is 0.571 bits per heavy atom. The molecule has 0 saturated carbocycles. The number of halogens is 4. The van der Waals surface area contributed by atoms with Crippen LogP contribution in [0.4, 0.5) is 0 Å². The van der Waals surface area contributed by atoms with Gasteiger partial charge in [-0.25, -0.2) is 0 Å². The summed E-state index contributed by atoms with van der Waals surface area (Å²) in [5.41, 5.74) is 2.67. The molecule has 0 heterocycles. The van der Waals surface area contributed by atoms with Crippen molar-refractivity contribution in [2.24, 2.45) is 0 Å². The molecule has 3 aromatic carbocycles. The van der Waals surface area contributed by atoms with E-state index in [1.165, 1.54) is 45.5 Å². The van der Waals surface area contributed by atoms with Crippen LogP contribution in [0.15, 0.2) is 48.5 Å². The minimum Gasteiger partial charge on any atom is -0.0674 e. The summed E-state index contributed by atoms with van der Waals surface area (Å²) in [5, 5.41) is 5.23. The monoisotopic (exact) mass is 630 g/mol. The maximum Gasteiger partial charge on any atom is 0.106 e. The van der Waals surface area contributed by atoms with Crippen molar-refractivity contribution in [3.63, 3.8) is 0 Å². The van der Waals surface area contributed by atoms with Crippen LogP contribution < -0.4 is 0 Å². The standard InChI is InChI=1S/C24H26Br4/c1-3-5-15-23(25,26)21-17-11-7-9-13-19(17)22(24(27,28)16-6-4-2)20-14-10-8-12-18(20)21/h7-14H,3-6,15-16H2,1-2H3. The minimum atomic E-state index is -0.238. The van der Waals surface area contributed by atoms with Crippen molar-refractivity contribution in [3.8, 4) is 0 Å². The Labute approximate surface area is 202 Å². The molecule has 3 rings (SSSR count). The number of hydrogen-bond acceptors (Lipinski definition) is 0. The Bertz CT molecular complexity index is 824. The topological polar surface area (TPSA) is 0 Å². The lowest BCUT2D eigenvalue weighted by molar-refractivity contribution is 0.692. The van der Waals surface area contributed by atoms with Gasteiger partial charge in [0.05, 0.1) is 0 Å². The number of benzene rings is 3. The van der Waals surface area contributed by atoms with Crippen molar-refractivity contribution in [2.75, 3.05) is 0 Å². The van der Waals surface area contributed by atoms with Gasteiger partial charge in [-0.05, 0) is 45.5 Å². The van der Waals surface area contributed by atoms with Crippen molar-refractivity contribution in [3.05, 3.63) is 59.7 Å². The SMILES string of the molecule is CCCCC(Br)(Br)c1c2ccccc2c(C(Br)(Br)CCCC)c2ccccc12. The second kappa shape index (κ2) is 9.49. The number of hydrogen-bond donors (Lipinski definition) is 0. The summed E-state index contributed by atoms with van der Waals surface area (Å²) in [5.74, 6) is 0.